The van der Waals surface area contributed by atoms with Crippen LogP contribution < -0.4 is 19.1 Å². The van der Waals surface area contributed by atoms with Gasteiger partial charge in [-0.05, 0) is 82.4 Å². The number of hydrogen-bond acceptors (Lipinski definition) is 6. The maximum Gasteiger partial charge on any atom is 0.131 e. The summed E-state index contributed by atoms with van der Waals surface area (Å²) in [5.41, 5.74) is 7.45. The largest absolute Gasteiger partial charge is 0.493 e. The van der Waals surface area contributed by atoms with Gasteiger partial charge in [0.1, 0.15) is 17.2 Å². The molecule has 0 amide bonds. The molecule has 0 bridgehead atoms. The second-order valence-corrected chi connectivity index (χ2v) is 11.6. The van der Waals surface area contributed by atoms with Gasteiger partial charge in [0.2, 0.25) is 0 Å². The Balaban J connectivity index is 1.26. The molecule has 4 aromatic carbocycles. The highest BCUT2D eigenvalue weighted by Crippen LogP contribution is 2.31. The molecule has 1 N–H and O–H groups in total. The number of rotatable bonds is 14. The Kier molecular flexibility index (Phi) is 10.3. The molecule has 0 aliphatic rings. The van der Waals surface area contributed by atoms with Crippen molar-refractivity contribution in [1.29, 1.82) is 0 Å². The van der Waals surface area contributed by atoms with Crippen LogP contribution in [0.2, 0.25) is 0 Å². The van der Waals surface area contributed by atoms with Gasteiger partial charge in [0.25, 0.3) is 0 Å². The fraction of sp³-hybridized carbons (Fsp3) is 0.200. The van der Waals surface area contributed by atoms with Crippen LogP contribution in [0.4, 0.5) is 11.4 Å². The second-order valence-electron chi connectivity index (χ2n) is 9.78. The molecule has 5 aromatic rings. The van der Waals surface area contributed by atoms with Crippen molar-refractivity contribution in [3.63, 3.8) is 0 Å². The van der Waals surface area contributed by atoms with Crippen LogP contribution in [0.25, 0.3) is 0 Å². The van der Waals surface area contributed by atoms with Crippen molar-refractivity contribution in [3.05, 3.63) is 136 Å². The van der Waals surface area contributed by atoms with E-state index in [0.717, 1.165) is 48.2 Å². The maximum absolute atomic E-state index is 6.18. The number of nitrogens with zero attached hydrogens (tertiary/aromatic N) is 1. The summed E-state index contributed by atoms with van der Waals surface area (Å²) < 4.78 is 15.6. The van der Waals surface area contributed by atoms with E-state index in [4.69, 9.17) is 9.47 Å². The Morgan fingerprint density at radius 3 is 2.27 bits per heavy atom. The van der Waals surface area contributed by atoms with Crippen LogP contribution in [-0.2, 0) is 19.5 Å². The van der Waals surface area contributed by atoms with Gasteiger partial charge in [0.15, 0.2) is 0 Å². The number of thiophene rings is 1. The van der Waals surface area contributed by atoms with Crippen molar-refractivity contribution in [2.45, 2.75) is 33.4 Å². The minimum Gasteiger partial charge on any atom is -0.493 e. The van der Waals surface area contributed by atoms with Crippen LogP contribution in [0, 0.1) is 6.92 Å². The molecule has 0 spiro atoms. The number of anilines is 2. The summed E-state index contributed by atoms with van der Waals surface area (Å²) in [6, 6.07) is 35.5. The average Bonchev–Trinajstić information content (AvgIpc) is 3.52. The molecule has 0 aliphatic carbocycles. The molecule has 6 heteroatoms. The highest BCUT2D eigenvalue weighted by Gasteiger charge is 2.14. The van der Waals surface area contributed by atoms with Gasteiger partial charge >= 0.3 is 0 Å². The topological polar surface area (TPSA) is 33.7 Å². The average molecular weight is 581 g/mol. The Bertz CT molecular complexity index is 1490. The predicted molar refractivity (Wildman–Crippen MR) is 176 cm³/mol. The summed E-state index contributed by atoms with van der Waals surface area (Å²) >= 11 is 3.43. The fourth-order valence-corrected chi connectivity index (χ4v) is 5.85. The van der Waals surface area contributed by atoms with E-state index >= 15 is 0 Å². The Morgan fingerprint density at radius 2 is 1.51 bits per heavy atom. The van der Waals surface area contributed by atoms with E-state index in [9.17, 15) is 0 Å². The van der Waals surface area contributed by atoms with Crippen molar-refractivity contribution in [2.24, 2.45) is 0 Å². The van der Waals surface area contributed by atoms with Crippen molar-refractivity contribution < 1.29 is 9.47 Å². The molecule has 0 atom stereocenters. The maximum atomic E-state index is 6.18. The third kappa shape index (κ3) is 8.32. The molecule has 1 heterocycles. The van der Waals surface area contributed by atoms with Crippen LogP contribution in [-0.4, -0.2) is 12.4 Å². The molecule has 0 radical (unpaired) electrons. The number of benzene rings is 4. The third-order valence-corrected chi connectivity index (χ3v) is 8.15. The molecule has 4 nitrogen and oxygen atoms in total. The molecule has 0 unspecified atom stereocenters. The van der Waals surface area contributed by atoms with E-state index in [1.54, 1.807) is 23.3 Å². The van der Waals surface area contributed by atoms with Gasteiger partial charge in [-0.2, -0.15) is 11.3 Å². The summed E-state index contributed by atoms with van der Waals surface area (Å²) in [5.74, 6) is 3.40. The molecule has 0 aliphatic heterocycles. The molecular formula is C35H36N2O2S2. The lowest BCUT2D eigenvalue weighted by atomic mass is 10.1. The lowest BCUT2D eigenvalue weighted by Crippen LogP contribution is -2.23. The smallest absolute Gasteiger partial charge is 0.131 e. The Hall–Kier alpha value is -3.87. The van der Waals surface area contributed by atoms with Gasteiger partial charge in [0.05, 0.1) is 6.61 Å². The quantitative estimate of drug-likeness (QED) is 0.132. The molecule has 0 saturated carbocycles. The molecule has 5 rings (SSSR count). The van der Waals surface area contributed by atoms with Gasteiger partial charge < -0.3 is 19.1 Å². The normalized spacial score (nSPS) is 10.8. The summed E-state index contributed by atoms with van der Waals surface area (Å²) in [4.78, 5) is 2.44. The van der Waals surface area contributed by atoms with Crippen molar-refractivity contribution in [3.8, 4) is 17.2 Å². The van der Waals surface area contributed by atoms with Crippen LogP contribution in [0.1, 0.15) is 29.2 Å². The van der Waals surface area contributed by atoms with Crippen LogP contribution in [0.3, 0.4) is 0 Å². The minimum atomic E-state index is 0.643. The monoisotopic (exact) mass is 580 g/mol. The Labute approximate surface area is 252 Å². The van der Waals surface area contributed by atoms with E-state index in [1.165, 1.54) is 27.9 Å². The first kappa shape index (κ1) is 28.7. The SMILES string of the molecule is CCSNc1cccc(N(Cc2ccccc2)Cc2ccc(Oc3cccc(OCCc4ccsc4)c3)cc2)c1C. The summed E-state index contributed by atoms with van der Waals surface area (Å²) in [6.45, 7) is 6.61. The lowest BCUT2D eigenvalue weighted by molar-refractivity contribution is 0.320. The van der Waals surface area contributed by atoms with E-state index in [-0.39, 0.29) is 0 Å². The molecule has 0 saturated heterocycles. The van der Waals surface area contributed by atoms with E-state index in [1.807, 2.05) is 36.4 Å². The van der Waals surface area contributed by atoms with Gasteiger partial charge in [-0.15, -0.1) is 0 Å². The van der Waals surface area contributed by atoms with Crippen LogP contribution >= 0.6 is 23.3 Å². The predicted octanol–water partition coefficient (Wildman–Crippen LogP) is 9.76. The number of hydrogen-bond donors (Lipinski definition) is 1. The van der Waals surface area contributed by atoms with E-state index in [2.05, 4.69) is 101 Å². The zero-order valence-corrected chi connectivity index (χ0v) is 25.2. The molecule has 210 valence electrons. The van der Waals surface area contributed by atoms with Gasteiger partial charge in [-0.1, -0.05) is 73.5 Å². The number of nitrogens with one attached hydrogen (secondary N) is 1. The molecule has 0 fully saturated rings. The first-order chi connectivity index (χ1) is 20.2. The lowest BCUT2D eigenvalue weighted by Gasteiger charge is -2.28. The van der Waals surface area contributed by atoms with E-state index < -0.39 is 0 Å². The molecule has 1 aromatic heterocycles. The zero-order chi connectivity index (χ0) is 28.3. The Morgan fingerprint density at radius 1 is 0.756 bits per heavy atom. The van der Waals surface area contributed by atoms with Gasteiger partial charge in [-0.25, -0.2) is 0 Å². The third-order valence-electron chi connectivity index (χ3n) is 6.77. The standard InChI is InChI=1S/C35H36N2O2S2/c1-3-41-36-34-13-8-14-35(27(34)2)37(24-28-9-5-4-6-10-28)25-29-15-17-31(18-16-29)39-33-12-7-11-32(23-33)38-21-19-30-20-22-40-26-30/h4-18,20,22-23,26,36H,3,19,21,24-25H2,1-2H3. The van der Waals surface area contributed by atoms with Crippen LogP contribution in [0.15, 0.2) is 114 Å². The number of ether oxygens (including phenoxy) is 2. The van der Waals surface area contributed by atoms with Crippen molar-refractivity contribution in [2.75, 3.05) is 22.0 Å². The molecular weight excluding hydrogens is 545 g/mol. The first-order valence-corrected chi connectivity index (χ1v) is 15.9. The fourth-order valence-electron chi connectivity index (χ4n) is 4.63. The summed E-state index contributed by atoms with van der Waals surface area (Å²) in [5, 5.41) is 4.26. The molecule has 41 heavy (non-hydrogen) atoms. The zero-order valence-electron chi connectivity index (χ0n) is 23.6. The highest BCUT2D eigenvalue weighted by atomic mass is 32.2. The second kappa shape index (κ2) is 14.7. The van der Waals surface area contributed by atoms with Gasteiger partial charge in [0, 0.05) is 42.7 Å². The van der Waals surface area contributed by atoms with E-state index in [0.29, 0.717) is 6.61 Å². The first-order valence-electron chi connectivity index (χ1n) is 13.9. The van der Waals surface area contributed by atoms with Crippen molar-refractivity contribution >= 4 is 34.7 Å². The van der Waals surface area contributed by atoms with Crippen LogP contribution in [0.5, 0.6) is 17.2 Å². The van der Waals surface area contributed by atoms with Crippen molar-refractivity contribution in [1.82, 2.24) is 0 Å². The minimum absolute atomic E-state index is 0.643. The highest BCUT2D eigenvalue weighted by molar-refractivity contribution is 8.00. The summed E-state index contributed by atoms with van der Waals surface area (Å²) in [7, 11) is 0. The van der Waals surface area contributed by atoms with Gasteiger partial charge in [-0.3, -0.25) is 0 Å². The summed E-state index contributed by atoms with van der Waals surface area (Å²) in [6.07, 6.45) is 0.898.